The third kappa shape index (κ3) is 6.29. The zero-order valence-corrected chi connectivity index (χ0v) is 18.5. The third-order valence-electron chi connectivity index (χ3n) is 4.66. The lowest BCUT2D eigenvalue weighted by Gasteiger charge is -2.28. The highest BCUT2D eigenvalue weighted by Gasteiger charge is 2.25. The molecule has 0 saturated heterocycles. The number of halogens is 2. The number of benzene rings is 3. The van der Waals surface area contributed by atoms with E-state index >= 15 is 0 Å². The lowest BCUT2D eigenvalue weighted by atomic mass is 10.1. The predicted molar refractivity (Wildman–Crippen MR) is 121 cm³/mol. The minimum absolute atomic E-state index is 0.127. The normalized spacial score (nSPS) is 11.2. The molecule has 0 fully saturated rings. The predicted octanol–water partition coefficient (Wildman–Crippen LogP) is 4.47. The van der Waals surface area contributed by atoms with E-state index in [0.29, 0.717) is 13.1 Å². The van der Waals surface area contributed by atoms with Crippen LogP contribution < -0.4 is 4.31 Å². The Balaban J connectivity index is 1.89. The van der Waals surface area contributed by atoms with Crippen molar-refractivity contribution in [3.63, 3.8) is 0 Å². The van der Waals surface area contributed by atoms with E-state index in [9.17, 15) is 17.6 Å². The van der Waals surface area contributed by atoms with Gasteiger partial charge in [0.15, 0.2) is 0 Å². The molecule has 0 aliphatic heterocycles. The van der Waals surface area contributed by atoms with Gasteiger partial charge in [-0.25, -0.2) is 12.8 Å². The van der Waals surface area contributed by atoms with Crippen molar-refractivity contribution >= 4 is 33.2 Å². The third-order valence-corrected chi connectivity index (χ3v) is 6.09. The maximum atomic E-state index is 13.6. The van der Waals surface area contributed by atoms with E-state index in [-0.39, 0.29) is 10.7 Å². The molecule has 0 N–H and O–H groups in total. The van der Waals surface area contributed by atoms with Gasteiger partial charge in [-0.2, -0.15) is 0 Å². The first kappa shape index (κ1) is 22.8. The molecule has 0 atom stereocenters. The van der Waals surface area contributed by atoms with Gasteiger partial charge in [-0.15, -0.1) is 0 Å². The van der Waals surface area contributed by atoms with Crippen LogP contribution in [-0.4, -0.2) is 32.0 Å². The molecule has 1 amide bonds. The average Bonchev–Trinajstić information content (AvgIpc) is 2.74. The number of hydrogen-bond donors (Lipinski definition) is 0. The molecule has 3 aromatic rings. The molecule has 0 aliphatic carbocycles. The molecular formula is C23H22ClFN2O3S. The number of rotatable bonds is 8. The van der Waals surface area contributed by atoms with Crippen LogP contribution >= 0.6 is 11.6 Å². The van der Waals surface area contributed by atoms with Gasteiger partial charge >= 0.3 is 0 Å². The number of hydrogen-bond acceptors (Lipinski definition) is 3. The smallest absolute Gasteiger partial charge is 0.243 e. The highest BCUT2D eigenvalue weighted by Crippen LogP contribution is 2.25. The molecule has 0 bridgehead atoms. The van der Waals surface area contributed by atoms with Crippen LogP contribution in [0.15, 0.2) is 78.9 Å². The Morgan fingerprint density at radius 3 is 1.87 bits per heavy atom. The fraction of sp³-hybridized carbons (Fsp3) is 0.174. The Bertz CT molecular complexity index is 1100. The van der Waals surface area contributed by atoms with Crippen molar-refractivity contribution in [1.82, 2.24) is 4.90 Å². The summed E-state index contributed by atoms with van der Waals surface area (Å²) in [5.74, 6) is -1.06. The topological polar surface area (TPSA) is 57.7 Å². The van der Waals surface area contributed by atoms with E-state index in [4.69, 9.17) is 11.6 Å². The molecule has 0 aliphatic rings. The summed E-state index contributed by atoms with van der Waals surface area (Å²) >= 11 is 5.83. The quantitative estimate of drug-likeness (QED) is 0.498. The molecule has 5 nitrogen and oxygen atoms in total. The number of carbonyl (C=O) groups is 1. The van der Waals surface area contributed by atoms with Gasteiger partial charge in [0.1, 0.15) is 12.4 Å². The SMILES string of the molecule is CS(=O)(=O)N(CC(=O)N(Cc1ccccc1)Cc1ccccc1)c1ccc(F)c(Cl)c1. The van der Waals surface area contributed by atoms with Crippen molar-refractivity contribution < 1.29 is 17.6 Å². The first-order valence-corrected chi connectivity index (χ1v) is 11.7. The Kier molecular flexibility index (Phi) is 7.30. The second-order valence-corrected chi connectivity index (χ2v) is 9.40. The molecular weight excluding hydrogens is 439 g/mol. The van der Waals surface area contributed by atoms with E-state index in [0.717, 1.165) is 27.8 Å². The Morgan fingerprint density at radius 1 is 0.903 bits per heavy atom. The zero-order chi connectivity index (χ0) is 22.4. The average molecular weight is 461 g/mol. The van der Waals surface area contributed by atoms with Crippen LogP contribution in [0.25, 0.3) is 0 Å². The summed E-state index contributed by atoms with van der Waals surface area (Å²) in [5, 5.41) is -0.218. The van der Waals surface area contributed by atoms with E-state index in [1.807, 2.05) is 60.7 Å². The van der Waals surface area contributed by atoms with Gasteiger partial charge in [-0.3, -0.25) is 9.10 Å². The summed E-state index contributed by atoms with van der Waals surface area (Å²) in [6, 6.07) is 22.5. The summed E-state index contributed by atoms with van der Waals surface area (Å²) in [6.07, 6.45) is 0.996. The van der Waals surface area contributed by atoms with Crippen molar-refractivity contribution in [2.75, 3.05) is 17.1 Å². The number of anilines is 1. The first-order chi connectivity index (χ1) is 14.7. The van der Waals surface area contributed by atoms with E-state index in [1.165, 1.54) is 12.1 Å². The summed E-state index contributed by atoms with van der Waals surface area (Å²) in [6.45, 7) is 0.202. The molecule has 0 unspecified atom stereocenters. The molecule has 0 saturated carbocycles. The Morgan fingerprint density at radius 2 is 1.42 bits per heavy atom. The van der Waals surface area contributed by atoms with E-state index in [1.54, 1.807) is 4.90 Å². The molecule has 0 spiro atoms. The van der Waals surface area contributed by atoms with Crippen LogP contribution in [0.2, 0.25) is 5.02 Å². The lowest BCUT2D eigenvalue weighted by molar-refractivity contribution is -0.130. The van der Waals surface area contributed by atoms with Crippen molar-refractivity contribution in [2.24, 2.45) is 0 Å². The zero-order valence-electron chi connectivity index (χ0n) is 16.9. The fourth-order valence-electron chi connectivity index (χ4n) is 3.10. The van der Waals surface area contributed by atoms with E-state index < -0.39 is 28.3 Å². The minimum atomic E-state index is -3.82. The fourth-order valence-corrected chi connectivity index (χ4v) is 4.12. The largest absolute Gasteiger partial charge is 0.332 e. The molecule has 162 valence electrons. The highest BCUT2D eigenvalue weighted by molar-refractivity contribution is 7.92. The molecule has 0 heterocycles. The van der Waals surface area contributed by atoms with Gasteiger partial charge in [-0.05, 0) is 29.3 Å². The number of amides is 1. The number of nitrogens with zero attached hydrogens (tertiary/aromatic N) is 2. The standard InChI is InChI=1S/C23H22ClFN2O3S/c1-31(29,30)27(20-12-13-22(25)21(24)14-20)17-23(28)26(15-18-8-4-2-5-9-18)16-19-10-6-3-7-11-19/h2-14H,15-17H2,1H3. The molecule has 0 radical (unpaired) electrons. The second kappa shape index (κ2) is 9.94. The maximum Gasteiger partial charge on any atom is 0.243 e. The van der Waals surface area contributed by atoms with Crippen LogP contribution in [0.4, 0.5) is 10.1 Å². The van der Waals surface area contributed by atoms with Crippen LogP contribution in [0, 0.1) is 5.82 Å². The summed E-state index contributed by atoms with van der Waals surface area (Å²) in [4.78, 5) is 14.8. The molecule has 3 aromatic carbocycles. The Hall–Kier alpha value is -2.90. The minimum Gasteiger partial charge on any atom is -0.332 e. The van der Waals surface area contributed by atoms with Gasteiger partial charge in [0.2, 0.25) is 15.9 Å². The summed E-state index contributed by atoms with van der Waals surface area (Å²) < 4.78 is 39.3. The van der Waals surface area contributed by atoms with Crippen LogP contribution in [0.5, 0.6) is 0 Å². The molecule has 8 heteroatoms. The van der Waals surface area contributed by atoms with Crippen molar-refractivity contribution in [3.8, 4) is 0 Å². The maximum absolute atomic E-state index is 13.6. The van der Waals surface area contributed by atoms with Crippen LogP contribution in [0.1, 0.15) is 11.1 Å². The number of sulfonamides is 1. The molecule has 3 rings (SSSR count). The van der Waals surface area contributed by atoms with E-state index in [2.05, 4.69) is 0 Å². The van der Waals surface area contributed by atoms with Gasteiger partial charge in [0, 0.05) is 13.1 Å². The second-order valence-electron chi connectivity index (χ2n) is 7.09. The van der Waals surface area contributed by atoms with Crippen molar-refractivity contribution in [1.29, 1.82) is 0 Å². The Labute approximate surface area is 186 Å². The van der Waals surface area contributed by atoms with Gasteiger partial charge in [-0.1, -0.05) is 72.3 Å². The lowest BCUT2D eigenvalue weighted by Crippen LogP contribution is -2.42. The van der Waals surface area contributed by atoms with Crippen LogP contribution in [0.3, 0.4) is 0 Å². The van der Waals surface area contributed by atoms with Crippen molar-refractivity contribution in [3.05, 3.63) is 101 Å². The van der Waals surface area contributed by atoms with Gasteiger partial charge in [0.05, 0.1) is 17.0 Å². The number of carbonyl (C=O) groups excluding carboxylic acids is 1. The van der Waals surface area contributed by atoms with Crippen molar-refractivity contribution in [2.45, 2.75) is 13.1 Å². The van der Waals surface area contributed by atoms with Crippen LogP contribution in [-0.2, 0) is 27.9 Å². The monoisotopic (exact) mass is 460 g/mol. The first-order valence-electron chi connectivity index (χ1n) is 9.52. The van der Waals surface area contributed by atoms with Gasteiger partial charge in [0.25, 0.3) is 0 Å². The molecule has 31 heavy (non-hydrogen) atoms. The summed E-state index contributed by atoms with van der Waals surface area (Å²) in [5.41, 5.74) is 1.96. The highest BCUT2D eigenvalue weighted by atomic mass is 35.5. The molecule has 0 aromatic heterocycles. The summed E-state index contributed by atoms with van der Waals surface area (Å²) in [7, 11) is -3.82. The van der Waals surface area contributed by atoms with Gasteiger partial charge < -0.3 is 4.90 Å².